The average molecular weight is 1010 g/mol. The van der Waals surface area contributed by atoms with Gasteiger partial charge in [0.25, 0.3) is 0 Å². The number of hydrogen-bond acceptors (Lipinski definition) is 11. The molecule has 0 aliphatic heterocycles. The first-order valence-corrected chi connectivity index (χ1v) is 21.4. The molecule has 0 aliphatic carbocycles. The highest BCUT2D eigenvalue weighted by Gasteiger charge is 2.31. The summed E-state index contributed by atoms with van der Waals surface area (Å²) in [5.74, 6) is 0. The summed E-state index contributed by atoms with van der Waals surface area (Å²) in [5, 5.41) is 29.1. The van der Waals surface area contributed by atoms with Crippen molar-refractivity contribution in [3.05, 3.63) is 0 Å². The predicted molar refractivity (Wildman–Crippen MR) is 226 cm³/mol. The van der Waals surface area contributed by atoms with E-state index in [1.165, 1.54) is 6.54 Å². The standard InChI is InChI=1S/C22H48NO6.C21H44F2NO5.2BrH/c1-8-23(4,5)11-9-10-12-27-19-22(3,16-26-7)20-29-18-21(2,15-24)17-28-14-13-25-6;1-6-24(4,5)10-7-8-11-27-15-20(2,13-25)17-29-18-21(3,14-26)16-28-12-9-19(22)23;;/h24H,8-20H2,1-7H3;19,25-26H,6-18H2,1-5H3;2*1H/q2*+1;;/p-2. The number of hydrogen-bond donors (Lipinski definition) is 3. The van der Waals surface area contributed by atoms with E-state index in [9.17, 15) is 24.1 Å². The molecule has 60 heavy (non-hydrogen) atoms. The molecule has 0 aromatic carbocycles. The van der Waals surface area contributed by atoms with Gasteiger partial charge in [0.15, 0.2) is 0 Å². The van der Waals surface area contributed by atoms with Crippen molar-refractivity contribution in [3.63, 3.8) is 0 Å². The van der Waals surface area contributed by atoms with Gasteiger partial charge in [-0.1, -0.05) is 27.7 Å². The van der Waals surface area contributed by atoms with Gasteiger partial charge in [0.2, 0.25) is 6.43 Å². The summed E-state index contributed by atoms with van der Waals surface area (Å²) in [5.41, 5.74) is -1.87. The Kier molecular flexibility index (Phi) is 41.8. The van der Waals surface area contributed by atoms with Crippen LogP contribution in [-0.2, 0) is 37.9 Å². The number of aliphatic hydroxyl groups is 3. The molecule has 0 saturated carbocycles. The summed E-state index contributed by atoms with van der Waals surface area (Å²) in [7, 11) is 12.3. The van der Waals surface area contributed by atoms with Crippen molar-refractivity contribution in [1.82, 2.24) is 0 Å². The second-order valence-electron chi connectivity index (χ2n) is 18.9. The van der Waals surface area contributed by atoms with Gasteiger partial charge in [0.05, 0.1) is 153 Å². The molecule has 0 fully saturated rings. The number of nitrogens with zero attached hydrogens (tertiary/aromatic N) is 2. The smallest absolute Gasteiger partial charge is 0.240 e. The van der Waals surface area contributed by atoms with Crippen molar-refractivity contribution >= 4 is 0 Å². The summed E-state index contributed by atoms with van der Waals surface area (Å²) in [6.45, 7) is 22.3. The van der Waals surface area contributed by atoms with Gasteiger partial charge in [-0.05, 0) is 39.5 Å². The lowest BCUT2D eigenvalue weighted by atomic mass is 9.92. The Morgan fingerprint density at radius 2 is 0.783 bits per heavy atom. The molecule has 368 valence electrons. The van der Waals surface area contributed by atoms with Crippen molar-refractivity contribution in [2.75, 3.05) is 181 Å². The van der Waals surface area contributed by atoms with Crippen molar-refractivity contribution in [3.8, 4) is 0 Å². The minimum absolute atomic E-state index is 0. The van der Waals surface area contributed by atoms with Crippen LogP contribution < -0.4 is 34.0 Å². The van der Waals surface area contributed by atoms with Gasteiger partial charge in [-0.3, -0.25) is 0 Å². The fourth-order valence-corrected chi connectivity index (χ4v) is 5.35. The van der Waals surface area contributed by atoms with E-state index in [1.807, 2.05) is 13.8 Å². The molecule has 4 unspecified atom stereocenters. The lowest BCUT2D eigenvalue weighted by Crippen LogP contribution is -3.00. The van der Waals surface area contributed by atoms with Crippen LogP contribution in [-0.4, -0.2) is 212 Å². The van der Waals surface area contributed by atoms with Crippen LogP contribution in [0.4, 0.5) is 8.78 Å². The largest absolute Gasteiger partial charge is 1.00 e. The summed E-state index contributed by atoms with van der Waals surface area (Å²) < 4.78 is 71.0. The minimum atomic E-state index is -2.39. The zero-order valence-corrected chi connectivity index (χ0v) is 43.1. The first-order chi connectivity index (χ1) is 27.2. The van der Waals surface area contributed by atoms with Gasteiger partial charge in [-0.2, -0.15) is 0 Å². The second-order valence-corrected chi connectivity index (χ2v) is 18.9. The third-order valence-corrected chi connectivity index (χ3v) is 10.5. The quantitative estimate of drug-likeness (QED) is 0.0507. The predicted octanol–water partition coefficient (Wildman–Crippen LogP) is -1.22. The van der Waals surface area contributed by atoms with Crippen LogP contribution >= 0.6 is 0 Å². The van der Waals surface area contributed by atoms with Crippen molar-refractivity contribution in [1.29, 1.82) is 0 Å². The number of quaternary nitrogens is 2. The number of unbranched alkanes of at least 4 members (excludes halogenated alkanes) is 2. The van der Waals surface area contributed by atoms with Crippen LogP contribution in [0, 0.1) is 21.7 Å². The number of alkyl halides is 2. The zero-order valence-electron chi connectivity index (χ0n) is 40.0. The van der Waals surface area contributed by atoms with Crippen LogP contribution in [0.5, 0.6) is 0 Å². The third kappa shape index (κ3) is 36.6. The van der Waals surface area contributed by atoms with Gasteiger partial charge in [-0.25, -0.2) is 8.78 Å². The van der Waals surface area contributed by atoms with E-state index in [0.717, 1.165) is 60.9 Å². The SMILES string of the molecule is CC[N+](C)(C)CCCCOCC(C)(CO)COCC(C)(CO)COCCC(F)F.CC[N+](C)(C)CCCCOCC(C)(COC)COCC(C)(CO)COCCOC.[Br-].[Br-]. The molecule has 0 saturated heterocycles. The molecule has 13 nitrogen and oxygen atoms in total. The van der Waals surface area contributed by atoms with E-state index in [-0.39, 0.29) is 92.0 Å². The number of methoxy groups -OCH3 is 2. The average Bonchev–Trinajstić information content (AvgIpc) is 3.18. The molecule has 17 heteroatoms. The van der Waals surface area contributed by atoms with Crippen LogP contribution in [0.2, 0.25) is 0 Å². The Hall–Kier alpha value is 0.300. The Balaban J connectivity index is -0.000000506. The molecule has 0 amide bonds. The van der Waals surface area contributed by atoms with Crippen LogP contribution in [0.3, 0.4) is 0 Å². The minimum Gasteiger partial charge on any atom is -1.00 e. The van der Waals surface area contributed by atoms with Gasteiger partial charge in [-0.15, -0.1) is 0 Å². The number of aliphatic hydroxyl groups excluding tert-OH is 3. The highest BCUT2D eigenvalue weighted by atomic mass is 79.9. The zero-order chi connectivity index (χ0) is 44.6. The monoisotopic (exact) mass is 1010 g/mol. The van der Waals surface area contributed by atoms with E-state index >= 15 is 0 Å². The van der Waals surface area contributed by atoms with E-state index < -0.39 is 22.7 Å². The Bertz CT molecular complexity index is 971. The van der Waals surface area contributed by atoms with Gasteiger partial charge in [0, 0.05) is 55.5 Å². The topological polar surface area (TPSA) is 135 Å². The van der Waals surface area contributed by atoms with Crippen molar-refractivity contribution in [2.24, 2.45) is 21.7 Å². The van der Waals surface area contributed by atoms with Crippen LogP contribution in [0.15, 0.2) is 0 Å². The second kappa shape index (κ2) is 37.5. The highest BCUT2D eigenvalue weighted by Crippen LogP contribution is 2.23. The Morgan fingerprint density at radius 3 is 1.12 bits per heavy atom. The van der Waals surface area contributed by atoms with Crippen molar-refractivity contribution < 1.29 is 105 Å². The normalized spacial score (nSPS) is 16.1. The summed E-state index contributed by atoms with van der Waals surface area (Å²) in [4.78, 5) is 0. The summed E-state index contributed by atoms with van der Waals surface area (Å²) in [6, 6.07) is 0. The lowest BCUT2D eigenvalue weighted by molar-refractivity contribution is -0.888. The fraction of sp³-hybridized carbons (Fsp3) is 1.00. The maximum absolute atomic E-state index is 12.2. The molecular formula is C43H92Br2F2N2O11. The number of halogens is 4. The first-order valence-electron chi connectivity index (χ1n) is 21.4. The third-order valence-electron chi connectivity index (χ3n) is 10.5. The van der Waals surface area contributed by atoms with Gasteiger partial charge < -0.3 is 96.1 Å². The molecule has 0 heterocycles. The molecular weight excluding hydrogens is 918 g/mol. The first kappa shape index (κ1) is 66.9. The van der Waals surface area contributed by atoms with E-state index in [1.54, 1.807) is 21.1 Å². The summed E-state index contributed by atoms with van der Waals surface area (Å²) in [6.07, 6.45) is 1.57. The van der Waals surface area contributed by atoms with E-state index in [0.29, 0.717) is 59.5 Å². The van der Waals surface area contributed by atoms with E-state index in [2.05, 4.69) is 49.0 Å². The molecule has 0 bridgehead atoms. The maximum atomic E-state index is 12.2. The number of ether oxygens (including phenoxy) is 8. The Labute approximate surface area is 386 Å². The molecule has 0 rings (SSSR count). The fourth-order valence-electron chi connectivity index (χ4n) is 5.35. The Morgan fingerprint density at radius 1 is 0.450 bits per heavy atom. The highest BCUT2D eigenvalue weighted by molar-refractivity contribution is 4.78. The maximum Gasteiger partial charge on any atom is 0.240 e. The molecule has 0 aromatic rings. The van der Waals surface area contributed by atoms with Crippen LogP contribution in [0.25, 0.3) is 0 Å². The van der Waals surface area contributed by atoms with Gasteiger partial charge >= 0.3 is 0 Å². The van der Waals surface area contributed by atoms with E-state index in [4.69, 9.17) is 37.9 Å². The lowest BCUT2D eigenvalue weighted by Gasteiger charge is -2.32. The molecule has 0 aliphatic rings. The molecule has 3 N–H and O–H groups in total. The molecule has 0 radical (unpaired) electrons. The molecule has 4 atom stereocenters. The molecule has 0 aromatic heterocycles. The summed E-state index contributed by atoms with van der Waals surface area (Å²) >= 11 is 0. The number of rotatable bonds is 39. The molecule has 0 spiro atoms. The van der Waals surface area contributed by atoms with Crippen LogP contribution in [0.1, 0.15) is 73.6 Å². The van der Waals surface area contributed by atoms with Gasteiger partial charge in [0.1, 0.15) is 0 Å². The van der Waals surface area contributed by atoms with Crippen molar-refractivity contribution in [2.45, 2.75) is 80.1 Å².